The molecule has 0 aromatic heterocycles. The summed E-state index contributed by atoms with van der Waals surface area (Å²) in [5.74, 6) is -2.90. The summed E-state index contributed by atoms with van der Waals surface area (Å²) in [5.41, 5.74) is 5.82. The van der Waals surface area contributed by atoms with E-state index in [0.717, 1.165) is 0 Å². The first-order valence-corrected chi connectivity index (χ1v) is 9.54. The van der Waals surface area contributed by atoms with Crippen molar-refractivity contribution in [3.63, 3.8) is 0 Å². The fraction of sp³-hybridized carbons (Fsp3) is 0.421. The van der Waals surface area contributed by atoms with Crippen molar-refractivity contribution in [2.45, 2.75) is 24.7 Å². The maximum absolute atomic E-state index is 12.5. The Hall–Kier alpha value is -3.52. The van der Waals surface area contributed by atoms with Gasteiger partial charge in [-0.3, -0.25) is 19.2 Å². The highest BCUT2D eigenvalue weighted by Gasteiger charge is 2.40. The first-order valence-electron chi connectivity index (χ1n) is 9.54. The Morgan fingerprint density at radius 1 is 0.970 bits per heavy atom. The van der Waals surface area contributed by atoms with Crippen molar-refractivity contribution >= 4 is 29.9 Å². The van der Waals surface area contributed by atoms with Crippen molar-refractivity contribution in [1.82, 2.24) is 21.3 Å². The lowest BCUT2D eigenvalue weighted by Gasteiger charge is -2.19. The molecule has 2 atom stereocenters. The van der Waals surface area contributed by atoms with Crippen LogP contribution < -0.4 is 27.0 Å². The van der Waals surface area contributed by atoms with Gasteiger partial charge in [-0.05, 0) is 5.56 Å². The van der Waals surface area contributed by atoms with Crippen molar-refractivity contribution in [1.29, 1.82) is 0 Å². The molecule has 1 aromatic carbocycles. The summed E-state index contributed by atoms with van der Waals surface area (Å²) >= 11 is 0. The Bertz CT molecular complexity index is 822. The lowest BCUT2D eigenvalue weighted by Crippen LogP contribution is -2.52. The van der Waals surface area contributed by atoms with Crippen molar-refractivity contribution in [3.8, 4) is 0 Å². The molecule has 0 saturated heterocycles. The summed E-state index contributed by atoms with van der Waals surface area (Å²) in [6.07, 6.45) is -8.02. The number of hydrogen-bond donors (Lipinski definition) is 5. The van der Waals surface area contributed by atoms with Crippen LogP contribution in [0.2, 0.25) is 0 Å². The molecule has 33 heavy (non-hydrogen) atoms. The number of nitrogens with one attached hydrogen (secondary N) is 4. The lowest BCUT2D eigenvalue weighted by atomic mass is 10.1. The smallest absolute Gasteiger partial charge is 0.346 e. The second kappa shape index (κ2) is 13.8. The summed E-state index contributed by atoms with van der Waals surface area (Å²) in [7, 11) is 0. The molecule has 0 spiro atoms. The first kappa shape index (κ1) is 27.5. The summed E-state index contributed by atoms with van der Waals surface area (Å²) in [4.78, 5) is 57.9. The van der Waals surface area contributed by atoms with Crippen LogP contribution in [0.25, 0.3) is 0 Å². The highest BCUT2D eigenvalue weighted by molar-refractivity contribution is 5.92. The van der Waals surface area contributed by atoms with Gasteiger partial charge in [0.1, 0.15) is 12.8 Å². The number of carbonyl (C=O) groups excluding carboxylic acids is 5. The van der Waals surface area contributed by atoms with E-state index in [-0.39, 0.29) is 13.0 Å². The molecule has 2 unspecified atom stereocenters. The molecule has 182 valence electrons. The van der Waals surface area contributed by atoms with Gasteiger partial charge in [0.05, 0.1) is 19.6 Å². The molecule has 0 aliphatic rings. The monoisotopic (exact) mass is 475 g/mol. The number of ether oxygens (including phenoxy) is 1. The third-order valence-electron chi connectivity index (χ3n) is 3.97. The van der Waals surface area contributed by atoms with Crippen LogP contribution in [0.1, 0.15) is 5.56 Å². The number of carbonyl (C=O) groups is 5. The van der Waals surface area contributed by atoms with E-state index in [4.69, 9.17) is 5.73 Å². The minimum Gasteiger partial charge on any atom is -0.346 e. The van der Waals surface area contributed by atoms with Crippen LogP contribution in [-0.4, -0.2) is 74.6 Å². The van der Waals surface area contributed by atoms with E-state index in [1.165, 1.54) is 0 Å². The minimum absolute atomic E-state index is 0.0561. The third-order valence-corrected chi connectivity index (χ3v) is 3.97. The van der Waals surface area contributed by atoms with Crippen LogP contribution in [0.5, 0.6) is 0 Å². The Morgan fingerprint density at radius 2 is 1.61 bits per heavy atom. The maximum atomic E-state index is 12.5. The van der Waals surface area contributed by atoms with E-state index in [0.29, 0.717) is 5.56 Å². The summed E-state index contributed by atoms with van der Waals surface area (Å²) in [6, 6.07) is 7.47. The van der Waals surface area contributed by atoms with Gasteiger partial charge in [-0.15, -0.1) is 0 Å². The van der Waals surface area contributed by atoms with Crippen molar-refractivity contribution in [2.24, 2.45) is 5.73 Å². The average molecular weight is 475 g/mol. The van der Waals surface area contributed by atoms with Gasteiger partial charge in [0.15, 0.2) is 6.29 Å². The van der Waals surface area contributed by atoms with Gasteiger partial charge in [0, 0.05) is 6.42 Å². The number of nitrogens with two attached hydrogens (primary N) is 1. The molecule has 0 heterocycles. The standard InChI is InChI=1S/C19H24F3N5O6/c20-19(21,22)14(10-28)33-11-26-16(30)8-25-18(32)13(6-12-4-2-1-3-5-12)27-17(31)9-24-15(29)7-23/h1-5,10,13-14H,6-9,11,23H2,(H,24,29)(H,25,32)(H,26,30)(H,27,31). The highest BCUT2D eigenvalue weighted by Crippen LogP contribution is 2.20. The molecule has 14 heteroatoms. The molecule has 0 aliphatic carbocycles. The molecule has 1 aromatic rings. The average Bonchev–Trinajstić information content (AvgIpc) is 2.78. The Labute approximate surface area is 186 Å². The van der Waals surface area contributed by atoms with Crippen LogP contribution >= 0.6 is 0 Å². The van der Waals surface area contributed by atoms with Gasteiger partial charge >= 0.3 is 6.18 Å². The van der Waals surface area contributed by atoms with Gasteiger partial charge in [-0.2, -0.15) is 13.2 Å². The number of benzene rings is 1. The van der Waals surface area contributed by atoms with E-state index in [9.17, 15) is 37.1 Å². The molecule has 4 amide bonds. The van der Waals surface area contributed by atoms with Crippen molar-refractivity contribution in [3.05, 3.63) is 35.9 Å². The van der Waals surface area contributed by atoms with Gasteiger partial charge in [-0.25, -0.2) is 0 Å². The number of alkyl halides is 3. The number of halogens is 3. The van der Waals surface area contributed by atoms with Crippen molar-refractivity contribution < 1.29 is 41.9 Å². The number of rotatable bonds is 13. The highest BCUT2D eigenvalue weighted by atomic mass is 19.4. The molecule has 0 bridgehead atoms. The SMILES string of the molecule is NCC(=O)NCC(=O)NC(Cc1ccccc1)C(=O)NCC(=O)NCOC(C=O)C(F)(F)F. The predicted molar refractivity (Wildman–Crippen MR) is 107 cm³/mol. The van der Waals surface area contributed by atoms with Gasteiger partial charge in [0.25, 0.3) is 0 Å². The van der Waals surface area contributed by atoms with E-state index in [1.807, 2.05) is 5.32 Å². The molecule has 0 saturated carbocycles. The molecule has 11 nitrogen and oxygen atoms in total. The quantitative estimate of drug-likeness (QED) is 0.164. The topological polar surface area (TPSA) is 169 Å². The second-order valence-electron chi connectivity index (χ2n) is 6.52. The van der Waals surface area contributed by atoms with Crippen LogP contribution in [-0.2, 0) is 35.1 Å². The fourth-order valence-electron chi connectivity index (χ4n) is 2.33. The molecule has 0 aliphatic heterocycles. The zero-order valence-electron chi connectivity index (χ0n) is 17.3. The van der Waals surface area contributed by atoms with Crippen LogP contribution in [0.4, 0.5) is 13.2 Å². The minimum atomic E-state index is -4.92. The van der Waals surface area contributed by atoms with Crippen LogP contribution in [0.3, 0.4) is 0 Å². The Kier molecular flexibility index (Phi) is 11.5. The Morgan fingerprint density at radius 3 is 2.18 bits per heavy atom. The van der Waals surface area contributed by atoms with Gasteiger partial charge < -0.3 is 36.5 Å². The summed E-state index contributed by atoms with van der Waals surface area (Å²) in [5, 5.41) is 8.88. The third kappa shape index (κ3) is 11.1. The molecule has 0 fully saturated rings. The number of amides is 4. The second-order valence-corrected chi connectivity index (χ2v) is 6.52. The predicted octanol–water partition coefficient (Wildman–Crippen LogP) is -1.87. The van der Waals surface area contributed by atoms with Crippen molar-refractivity contribution in [2.75, 3.05) is 26.4 Å². The number of aldehydes is 1. The molecular formula is C19H24F3N5O6. The summed E-state index contributed by atoms with van der Waals surface area (Å²) < 4.78 is 41.4. The van der Waals surface area contributed by atoms with E-state index in [2.05, 4.69) is 20.7 Å². The Balaban J connectivity index is 2.61. The first-order chi connectivity index (χ1) is 15.6. The molecule has 0 radical (unpaired) electrons. The largest absolute Gasteiger partial charge is 0.421 e. The number of hydrogen-bond acceptors (Lipinski definition) is 7. The summed E-state index contributed by atoms with van der Waals surface area (Å²) in [6.45, 7) is -2.30. The van der Waals surface area contributed by atoms with Gasteiger partial charge in [-0.1, -0.05) is 30.3 Å². The van der Waals surface area contributed by atoms with E-state index in [1.54, 1.807) is 30.3 Å². The zero-order valence-corrected chi connectivity index (χ0v) is 17.3. The fourth-order valence-corrected chi connectivity index (χ4v) is 2.33. The lowest BCUT2D eigenvalue weighted by molar-refractivity contribution is -0.213. The van der Waals surface area contributed by atoms with Crippen LogP contribution in [0.15, 0.2) is 30.3 Å². The molecule has 1 rings (SSSR count). The van der Waals surface area contributed by atoms with E-state index < -0.39 is 68.1 Å². The molecule has 6 N–H and O–H groups in total. The normalized spacial score (nSPS) is 12.7. The van der Waals surface area contributed by atoms with E-state index >= 15 is 0 Å². The molecular weight excluding hydrogens is 451 g/mol. The zero-order chi connectivity index (χ0) is 24.9. The maximum Gasteiger partial charge on any atom is 0.421 e. The van der Waals surface area contributed by atoms with Gasteiger partial charge in [0.2, 0.25) is 29.7 Å². The van der Waals surface area contributed by atoms with Crippen LogP contribution in [0, 0.1) is 0 Å².